The Balaban J connectivity index is 1.79. The molecule has 4 rings (SSSR count). The van der Waals surface area contributed by atoms with Crippen LogP contribution in [0.25, 0.3) is 10.2 Å². The molecular weight excluding hydrogens is 438 g/mol. The highest BCUT2D eigenvalue weighted by Crippen LogP contribution is 2.35. The Kier molecular flexibility index (Phi) is 7.76. The molecule has 34 heavy (non-hydrogen) atoms. The van der Waals surface area contributed by atoms with Crippen LogP contribution in [0.15, 0.2) is 72.8 Å². The summed E-state index contributed by atoms with van der Waals surface area (Å²) < 4.78 is 1.12. The molecule has 0 fully saturated rings. The van der Waals surface area contributed by atoms with Gasteiger partial charge in [-0.3, -0.25) is 9.69 Å². The molecule has 1 heterocycles. The van der Waals surface area contributed by atoms with Gasteiger partial charge in [0, 0.05) is 13.1 Å². The van der Waals surface area contributed by atoms with Gasteiger partial charge in [-0.1, -0.05) is 91.9 Å². The highest BCUT2D eigenvalue weighted by Gasteiger charge is 2.30. The van der Waals surface area contributed by atoms with Crippen LogP contribution in [0.2, 0.25) is 0 Å². The van der Waals surface area contributed by atoms with Gasteiger partial charge in [-0.15, -0.1) is 0 Å². The lowest BCUT2D eigenvalue weighted by Crippen LogP contribution is -2.41. The molecule has 1 aromatic heterocycles. The molecule has 0 atom stereocenters. The summed E-state index contributed by atoms with van der Waals surface area (Å²) in [5.41, 5.74) is 5.39. The number of benzene rings is 3. The van der Waals surface area contributed by atoms with E-state index in [9.17, 15) is 4.79 Å². The van der Waals surface area contributed by atoms with Gasteiger partial charge in [0.2, 0.25) is 5.91 Å². The molecule has 0 aliphatic carbocycles. The summed E-state index contributed by atoms with van der Waals surface area (Å²) in [6, 6.07) is 24.4. The molecule has 0 bridgehead atoms. The minimum atomic E-state index is -0.381. The van der Waals surface area contributed by atoms with E-state index in [0.29, 0.717) is 6.54 Å². The number of carbonyl (C=O) groups is 1. The summed E-state index contributed by atoms with van der Waals surface area (Å²) in [5, 5.41) is 0.776. The topological polar surface area (TPSA) is 36.4 Å². The van der Waals surface area contributed by atoms with E-state index in [2.05, 4.69) is 44.7 Å². The summed E-state index contributed by atoms with van der Waals surface area (Å²) in [6.45, 7) is 11.9. The molecule has 1 amide bonds. The molecule has 0 aliphatic rings. The number of nitrogens with zero attached hydrogens (tertiary/aromatic N) is 3. The van der Waals surface area contributed by atoms with Crippen molar-refractivity contribution in [1.29, 1.82) is 0 Å². The van der Waals surface area contributed by atoms with Crippen molar-refractivity contribution in [3.05, 3.63) is 95.1 Å². The number of aryl methyl sites for hydroxylation is 2. The fourth-order valence-corrected chi connectivity index (χ4v) is 5.39. The first-order valence-corrected chi connectivity index (χ1v) is 12.9. The standard InChI is InChI=1S/C29H33N3OS/c1-5-31(6-2)19-20-32(29-30-27-22(4)21(3)17-18-25(27)34-29)28(33)26(23-13-9-7-10-14-23)24-15-11-8-12-16-24/h7-18,26H,5-6,19-20H2,1-4H3. The van der Waals surface area contributed by atoms with E-state index in [4.69, 9.17) is 4.98 Å². The maximum Gasteiger partial charge on any atom is 0.240 e. The zero-order valence-corrected chi connectivity index (χ0v) is 21.3. The zero-order chi connectivity index (χ0) is 24.1. The number of aromatic nitrogens is 1. The molecule has 0 N–H and O–H groups in total. The van der Waals surface area contributed by atoms with Crippen LogP contribution in [0.4, 0.5) is 5.13 Å². The summed E-state index contributed by atoms with van der Waals surface area (Å²) in [6.07, 6.45) is 0. The van der Waals surface area contributed by atoms with Crippen molar-refractivity contribution in [2.45, 2.75) is 33.6 Å². The second kappa shape index (κ2) is 10.9. The largest absolute Gasteiger partial charge is 0.302 e. The predicted octanol–water partition coefficient (Wildman–Crippen LogP) is 6.42. The van der Waals surface area contributed by atoms with Crippen LogP contribution in [-0.2, 0) is 4.79 Å². The van der Waals surface area contributed by atoms with Crippen molar-refractivity contribution in [3.63, 3.8) is 0 Å². The van der Waals surface area contributed by atoms with E-state index in [0.717, 1.165) is 46.1 Å². The lowest BCUT2D eigenvalue weighted by atomic mass is 9.90. The number of carbonyl (C=O) groups excluding carboxylic acids is 1. The lowest BCUT2D eigenvalue weighted by molar-refractivity contribution is -0.119. The number of hydrogen-bond acceptors (Lipinski definition) is 4. The van der Waals surface area contributed by atoms with Gasteiger partial charge in [0.1, 0.15) is 0 Å². The third-order valence-corrected chi connectivity index (χ3v) is 7.66. The molecule has 5 heteroatoms. The number of hydrogen-bond donors (Lipinski definition) is 0. The van der Waals surface area contributed by atoms with E-state index < -0.39 is 0 Å². The number of anilines is 1. The van der Waals surface area contributed by atoms with Crippen molar-refractivity contribution in [3.8, 4) is 0 Å². The average Bonchev–Trinajstić information content (AvgIpc) is 3.30. The molecule has 0 spiro atoms. The zero-order valence-electron chi connectivity index (χ0n) is 20.5. The van der Waals surface area contributed by atoms with Gasteiger partial charge < -0.3 is 4.90 Å². The number of amides is 1. The van der Waals surface area contributed by atoms with Gasteiger partial charge in [-0.2, -0.15) is 0 Å². The first-order valence-electron chi connectivity index (χ1n) is 12.0. The second-order valence-corrected chi connectivity index (χ2v) is 9.63. The van der Waals surface area contributed by atoms with E-state index in [1.54, 1.807) is 11.3 Å². The number of likely N-dealkylation sites (N-methyl/N-ethyl adjacent to an activating group) is 1. The number of rotatable bonds is 9. The van der Waals surface area contributed by atoms with Gasteiger partial charge in [0.25, 0.3) is 0 Å². The van der Waals surface area contributed by atoms with Crippen LogP contribution < -0.4 is 4.90 Å². The maximum absolute atomic E-state index is 14.3. The Hall–Kier alpha value is -3.02. The van der Waals surface area contributed by atoms with Crippen molar-refractivity contribution in [2.75, 3.05) is 31.1 Å². The summed E-state index contributed by atoms with van der Waals surface area (Å²) >= 11 is 1.61. The number of thiazole rings is 1. The lowest BCUT2D eigenvalue weighted by Gasteiger charge is -2.28. The van der Waals surface area contributed by atoms with Gasteiger partial charge >= 0.3 is 0 Å². The first kappa shape index (κ1) is 24.1. The van der Waals surface area contributed by atoms with Crippen LogP contribution >= 0.6 is 11.3 Å². The highest BCUT2D eigenvalue weighted by molar-refractivity contribution is 7.22. The van der Waals surface area contributed by atoms with E-state index >= 15 is 0 Å². The molecule has 4 nitrogen and oxygen atoms in total. The normalized spacial score (nSPS) is 11.5. The molecule has 0 radical (unpaired) electrons. The Morgan fingerprint density at radius 3 is 2.00 bits per heavy atom. The monoisotopic (exact) mass is 471 g/mol. The maximum atomic E-state index is 14.3. The van der Waals surface area contributed by atoms with Crippen molar-refractivity contribution < 1.29 is 4.79 Å². The average molecular weight is 472 g/mol. The van der Waals surface area contributed by atoms with Gasteiger partial charge in [0.05, 0.1) is 16.1 Å². The Morgan fingerprint density at radius 1 is 0.853 bits per heavy atom. The smallest absolute Gasteiger partial charge is 0.240 e. The summed E-state index contributed by atoms with van der Waals surface area (Å²) in [5.74, 6) is -0.313. The van der Waals surface area contributed by atoms with Crippen molar-refractivity contribution >= 4 is 32.6 Å². The van der Waals surface area contributed by atoms with Crippen LogP contribution in [-0.4, -0.2) is 42.0 Å². The Morgan fingerprint density at radius 2 is 1.44 bits per heavy atom. The fraction of sp³-hybridized carbons (Fsp3) is 0.310. The fourth-order valence-electron chi connectivity index (χ4n) is 4.34. The van der Waals surface area contributed by atoms with Crippen LogP contribution in [0, 0.1) is 13.8 Å². The Bertz CT molecular complexity index is 1190. The van der Waals surface area contributed by atoms with Crippen molar-refractivity contribution in [2.24, 2.45) is 0 Å². The Labute approximate surface area is 206 Å². The molecule has 3 aromatic carbocycles. The molecule has 4 aromatic rings. The second-order valence-electron chi connectivity index (χ2n) is 8.62. The molecule has 0 unspecified atom stereocenters. The third kappa shape index (κ3) is 5.06. The summed E-state index contributed by atoms with van der Waals surface area (Å²) in [4.78, 5) is 23.6. The molecule has 0 saturated carbocycles. The van der Waals surface area contributed by atoms with E-state index in [1.165, 1.54) is 11.1 Å². The van der Waals surface area contributed by atoms with Crippen LogP contribution in [0.1, 0.15) is 42.0 Å². The minimum absolute atomic E-state index is 0.0676. The first-order chi connectivity index (χ1) is 16.5. The third-order valence-electron chi connectivity index (χ3n) is 6.62. The van der Waals surface area contributed by atoms with E-state index in [-0.39, 0.29) is 11.8 Å². The predicted molar refractivity (Wildman–Crippen MR) is 144 cm³/mol. The molecular formula is C29H33N3OS. The molecule has 0 aliphatic heterocycles. The van der Waals surface area contributed by atoms with E-state index in [1.807, 2.05) is 65.6 Å². The summed E-state index contributed by atoms with van der Waals surface area (Å²) in [7, 11) is 0. The SMILES string of the molecule is CCN(CC)CCN(C(=O)C(c1ccccc1)c1ccccc1)c1nc2c(C)c(C)ccc2s1. The minimum Gasteiger partial charge on any atom is -0.302 e. The van der Waals surface area contributed by atoms with Crippen LogP contribution in [0.5, 0.6) is 0 Å². The van der Waals surface area contributed by atoms with Gasteiger partial charge in [-0.05, 0) is 55.3 Å². The van der Waals surface area contributed by atoms with Gasteiger partial charge in [-0.25, -0.2) is 4.98 Å². The molecule has 176 valence electrons. The highest BCUT2D eigenvalue weighted by atomic mass is 32.1. The number of fused-ring (bicyclic) bond motifs is 1. The van der Waals surface area contributed by atoms with Gasteiger partial charge in [0.15, 0.2) is 5.13 Å². The van der Waals surface area contributed by atoms with Crippen LogP contribution in [0.3, 0.4) is 0 Å². The van der Waals surface area contributed by atoms with Crippen molar-refractivity contribution in [1.82, 2.24) is 9.88 Å². The molecule has 0 saturated heterocycles. The quantitative estimate of drug-likeness (QED) is 0.283.